The van der Waals surface area contributed by atoms with Crippen LogP contribution < -0.4 is 0 Å². The maximum absolute atomic E-state index is 11.0. The van der Waals surface area contributed by atoms with E-state index in [-0.39, 0.29) is 10.8 Å². The van der Waals surface area contributed by atoms with Gasteiger partial charge in [0.15, 0.2) is 0 Å². The minimum absolute atomic E-state index is 0.0792. The Bertz CT molecular complexity index is 1890. The van der Waals surface area contributed by atoms with E-state index in [0.29, 0.717) is 11.8 Å². The SMILES string of the molecule is CC(C)=C1CN(C)CCC1c1ccccc1.CC(C)=C1CN(C)CCC1c1ccccc1.O=S(=O)([O-])c1cccc2c(S(=O)(=O)[O-])cccc12. The Hall–Kier alpha value is -3.64. The van der Waals surface area contributed by atoms with E-state index in [2.05, 4.69) is 112 Å². The van der Waals surface area contributed by atoms with Crippen molar-refractivity contribution in [3.63, 3.8) is 0 Å². The highest BCUT2D eigenvalue weighted by atomic mass is 32.2. The van der Waals surface area contributed by atoms with E-state index in [4.69, 9.17) is 0 Å². The van der Waals surface area contributed by atoms with E-state index < -0.39 is 30.0 Å². The van der Waals surface area contributed by atoms with Crippen LogP contribution in [0.2, 0.25) is 0 Å². The van der Waals surface area contributed by atoms with E-state index in [0.717, 1.165) is 25.2 Å². The second kappa shape index (κ2) is 17.0. The molecule has 0 spiro atoms. The predicted octanol–water partition coefficient (Wildman–Crippen LogP) is 7.53. The highest BCUT2D eigenvalue weighted by molar-refractivity contribution is 7.86. The number of piperidine rings is 2. The van der Waals surface area contributed by atoms with Crippen LogP contribution in [0.5, 0.6) is 0 Å². The second-order valence-corrected chi connectivity index (χ2v) is 16.2. The number of likely N-dealkylation sites (N-methyl/N-ethyl adjacent to an activating group) is 2. The summed E-state index contributed by atoms with van der Waals surface area (Å²) in [5.74, 6) is 1.28. The summed E-state index contributed by atoms with van der Waals surface area (Å²) in [6.07, 6.45) is 2.50. The first-order valence-electron chi connectivity index (χ1n) is 16.8. The molecule has 0 amide bonds. The van der Waals surface area contributed by atoms with Crippen LogP contribution in [0, 0.1) is 0 Å². The van der Waals surface area contributed by atoms with Gasteiger partial charge >= 0.3 is 0 Å². The van der Waals surface area contributed by atoms with Crippen LogP contribution >= 0.6 is 0 Å². The Balaban J connectivity index is 0.000000169. The molecule has 0 aliphatic carbocycles. The number of hydrogen-bond donors (Lipinski definition) is 0. The van der Waals surface area contributed by atoms with Gasteiger partial charge in [0, 0.05) is 35.7 Å². The van der Waals surface area contributed by atoms with Gasteiger partial charge in [-0.15, -0.1) is 0 Å². The largest absolute Gasteiger partial charge is 0.744 e. The van der Waals surface area contributed by atoms with E-state index >= 15 is 0 Å². The van der Waals surface area contributed by atoms with Gasteiger partial charge in [0.1, 0.15) is 20.2 Å². The molecule has 50 heavy (non-hydrogen) atoms. The summed E-state index contributed by atoms with van der Waals surface area (Å²) in [6.45, 7) is 13.6. The van der Waals surface area contributed by atoms with E-state index in [1.165, 1.54) is 72.5 Å². The number of fused-ring (bicyclic) bond motifs is 1. The summed E-state index contributed by atoms with van der Waals surface area (Å²) in [6, 6.07) is 28.9. The zero-order chi connectivity index (χ0) is 36.6. The second-order valence-electron chi connectivity index (χ2n) is 13.5. The molecule has 4 aromatic rings. The Labute approximate surface area is 298 Å². The highest BCUT2D eigenvalue weighted by Gasteiger charge is 2.25. The van der Waals surface area contributed by atoms with Crippen molar-refractivity contribution in [2.45, 2.75) is 62.2 Å². The van der Waals surface area contributed by atoms with E-state index in [1.54, 1.807) is 11.1 Å². The van der Waals surface area contributed by atoms with Crippen molar-refractivity contribution in [1.82, 2.24) is 9.80 Å². The fourth-order valence-corrected chi connectivity index (χ4v) is 8.20. The van der Waals surface area contributed by atoms with Crippen LogP contribution in [0.3, 0.4) is 0 Å². The lowest BCUT2D eigenvalue weighted by Crippen LogP contribution is -2.32. The summed E-state index contributed by atoms with van der Waals surface area (Å²) in [5.41, 5.74) is 9.15. The third-order valence-electron chi connectivity index (χ3n) is 9.39. The van der Waals surface area contributed by atoms with Gasteiger partial charge in [0.2, 0.25) is 0 Å². The van der Waals surface area contributed by atoms with Gasteiger partial charge in [0.25, 0.3) is 0 Å². The molecule has 0 radical (unpaired) electrons. The molecule has 268 valence electrons. The van der Waals surface area contributed by atoms with Gasteiger partial charge in [-0.2, -0.15) is 0 Å². The summed E-state index contributed by atoms with van der Waals surface area (Å²) in [5, 5.41) is -0.158. The molecule has 0 saturated carbocycles. The molecule has 8 nitrogen and oxygen atoms in total. The van der Waals surface area contributed by atoms with Crippen molar-refractivity contribution in [2.24, 2.45) is 0 Å². The van der Waals surface area contributed by atoms with Crippen LogP contribution in [-0.4, -0.2) is 76.0 Å². The maximum atomic E-state index is 11.0. The molecular weight excluding hydrogens is 669 g/mol. The molecule has 4 aromatic carbocycles. The molecule has 0 bridgehead atoms. The lowest BCUT2D eigenvalue weighted by atomic mass is 9.83. The molecule has 2 fully saturated rings. The minimum Gasteiger partial charge on any atom is -0.744 e. The van der Waals surface area contributed by atoms with Crippen LogP contribution in [0.4, 0.5) is 0 Å². The van der Waals surface area contributed by atoms with Crippen LogP contribution in [0.25, 0.3) is 10.8 Å². The van der Waals surface area contributed by atoms with Crippen molar-refractivity contribution in [3.8, 4) is 0 Å². The fourth-order valence-electron chi connectivity index (χ4n) is 6.82. The predicted molar refractivity (Wildman–Crippen MR) is 199 cm³/mol. The lowest BCUT2D eigenvalue weighted by molar-refractivity contribution is 0.304. The fraction of sp³-hybridized carbons (Fsp3) is 0.350. The third kappa shape index (κ3) is 10.2. The molecule has 2 saturated heterocycles. The zero-order valence-electron chi connectivity index (χ0n) is 29.8. The molecule has 0 N–H and O–H groups in total. The average Bonchev–Trinajstić information content (AvgIpc) is 3.08. The molecule has 2 heterocycles. The molecule has 2 aliphatic rings. The zero-order valence-corrected chi connectivity index (χ0v) is 31.4. The Morgan fingerprint density at radius 3 is 1.18 bits per heavy atom. The van der Waals surface area contributed by atoms with Crippen molar-refractivity contribution < 1.29 is 25.9 Å². The van der Waals surface area contributed by atoms with E-state index in [1.807, 2.05) is 0 Å². The monoisotopic (exact) mass is 716 g/mol. The number of likely N-dealkylation sites (tertiary alicyclic amines) is 2. The average molecular weight is 717 g/mol. The number of hydrogen-bond acceptors (Lipinski definition) is 8. The van der Waals surface area contributed by atoms with Crippen LogP contribution in [0.1, 0.15) is 63.5 Å². The molecule has 6 rings (SSSR count). The minimum atomic E-state index is -4.74. The quantitative estimate of drug-likeness (QED) is 0.157. The smallest absolute Gasteiger partial charge is 0.125 e. The molecule has 2 atom stereocenters. The maximum Gasteiger partial charge on any atom is 0.125 e. The Kier molecular flexibility index (Phi) is 13.3. The normalized spacial score (nSPS) is 18.8. The Morgan fingerprint density at radius 1 is 0.540 bits per heavy atom. The molecule has 0 aromatic heterocycles. The summed E-state index contributed by atoms with van der Waals surface area (Å²) >= 11 is 0. The van der Waals surface area contributed by atoms with Crippen molar-refractivity contribution in [1.29, 1.82) is 0 Å². The first-order chi connectivity index (χ1) is 23.6. The van der Waals surface area contributed by atoms with Gasteiger partial charge in [0.05, 0.1) is 9.79 Å². The van der Waals surface area contributed by atoms with Crippen LogP contribution in [0.15, 0.2) is 129 Å². The lowest BCUT2D eigenvalue weighted by Gasteiger charge is -2.33. The van der Waals surface area contributed by atoms with E-state index in [9.17, 15) is 25.9 Å². The summed E-state index contributed by atoms with van der Waals surface area (Å²) < 4.78 is 66.1. The van der Waals surface area contributed by atoms with Crippen molar-refractivity contribution >= 4 is 31.0 Å². The van der Waals surface area contributed by atoms with Crippen molar-refractivity contribution in [2.75, 3.05) is 40.3 Å². The molecular formula is C40H48N2O6S2-2. The highest BCUT2D eigenvalue weighted by Crippen LogP contribution is 2.35. The standard InChI is InChI=1S/2C15H21N.C10H8O6S2/c2*1-12(2)15-11-16(3)10-9-14(15)13-7-5-4-6-8-13;11-17(12,13)9-5-1-3-7-8(9)4-2-6-10(7)18(14,15)16/h2*4-8,14H,9-11H2,1-3H3;1-6H,(H,11,12,13)(H,14,15,16)/p-2. The number of rotatable bonds is 4. The molecule has 2 aliphatic heterocycles. The number of allylic oxidation sites excluding steroid dienone is 2. The third-order valence-corrected chi connectivity index (χ3v) is 11.2. The van der Waals surface area contributed by atoms with Gasteiger partial charge < -0.3 is 18.9 Å². The van der Waals surface area contributed by atoms with Gasteiger partial charge in [-0.1, -0.05) is 107 Å². The molecule has 10 heteroatoms. The number of nitrogens with zero attached hydrogens (tertiary/aromatic N) is 2. The Morgan fingerprint density at radius 2 is 0.880 bits per heavy atom. The number of benzene rings is 4. The van der Waals surface area contributed by atoms with Gasteiger partial charge in [-0.3, -0.25) is 0 Å². The molecule has 2 unspecified atom stereocenters. The van der Waals surface area contributed by atoms with Crippen molar-refractivity contribution in [3.05, 3.63) is 130 Å². The van der Waals surface area contributed by atoms with Crippen LogP contribution in [-0.2, 0) is 20.2 Å². The summed E-state index contributed by atoms with van der Waals surface area (Å²) in [7, 11) is -5.05. The summed E-state index contributed by atoms with van der Waals surface area (Å²) in [4.78, 5) is 3.74. The van der Waals surface area contributed by atoms with Gasteiger partial charge in [-0.05, 0) is 91.0 Å². The van der Waals surface area contributed by atoms with Gasteiger partial charge in [-0.25, -0.2) is 16.8 Å². The first kappa shape index (κ1) is 39.2. The topological polar surface area (TPSA) is 121 Å². The first-order valence-corrected chi connectivity index (χ1v) is 19.6.